The maximum absolute atomic E-state index is 11.4. The molecule has 1 aromatic carbocycles. The second-order valence-corrected chi connectivity index (χ2v) is 7.08. The van der Waals surface area contributed by atoms with Crippen molar-refractivity contribution < 1.29 is 17.6 Å². The van der Waals surface area contributed by atoms with Crippen molar-refractivity contribution in [2.45, 2.75) is 23.7 Å². The summed E-state index contributed by atoms with van der Waals surface area (Å²) in [5.74, 6) is 1.47. The molecule has 3 rings (SSSR count). The van der Waals surface area contributed by atoms with Crippen LogP contribution >= 0.6 is 11.6 Å². The molecule has 0 atom stereocenters. The van der Waals surface area contributed by atoms with Crippen molar-refractivity contribution in [3.05, 3.63) is 35.3 Å². The Hall–Kier alpha value is -1.41. The molecule has 1 fully saturated rings. The summed E-state index contributed by atoms with van der Waals surface area (Å²) in [6, 6.07) is 4.47. The van der Waals surface area contributed by atoms with Gasteiger partial charge in [0.05, 0.1) is 11.2 Å². The Morgan fingerprint density at radius 3 is 2.64 bits per heavy atom. The predicted octanol–water partition coefficient (Wildman–Crippen LogP) is 2.54. The Labute approximate surface area is 133 Å². The van der Waals surface area contributed by atoms with Gasteiger partial charge in [-0.15, -0.1) is 0 Å². The minimum absolute atomic E-state index is 0.0593. The first-order valence-electron chi connectivity index (χ1n) is 6.81. The quantitative estimate of drug-likeness (QED) is 0.924. The first-order chi connectivity index (χ1) is 10.4. The molecule has 2 N–H and O–H groups in total. The topological polar surface area (TPSA) is 95.4 Å². The van der Waals surface area contributed by atoms with E-state index in [2.05, 4.69) is 4.98 Å². The number of sulfonamides is 1. The number of nitrogens with zero attached hydrogens (tertiary/aromatic N) is 1. The average Bonchev–Trinajstić information content (AvgIpc) is 2.96. The van der Waals surface area contributed by atoms with E-state index in [4.69, 9.17) is 25.9 Å². The molecule has 0 unspecified atom stereocenters. The minimum Gasteiger partial charge on any atom is -0.440 e. The molecule has 2 aromatic rings. The summed E-state index contributed by atoms with van der Waals surface area (Å²) >= 11 is 5.98. The van der Waals surface area contributed by atoms with Crippen molar-refractivity contribution in [1.82, 2.24) is 4.98 Å². The standard InChI is InChI=1S/C14H15ClN2O4S/c15-11-7-10(1-2-13(11)22(16,18)19)12-8-17-14(21-12)9-3-5-20-6-4-9/h1-2,7-9H,3-6H2,(H2,16,18,19). The van der Waals surface area contributed by atoms with E-state index in [1.165, 1.54) is 12.1 Å². The zero-order valence-corrected chi connectivity index (χ0v) is 13.2. The predicted molar refractivity (Wildman–Crippen MR) is 81.1 cm³/mol. The molecule has 0 aliphatic carbocycles. The van der Waals surface area contributed by atoms with Gasteiger partial charge in [0.15, 0.2) is 11.7 Å². The number of halogens is 1. The van der Waals surface area contributed by atoms with Crippen molar-refractivity contribution in [2.24, 2.45) is 5.14 Å². The van der Waals surface area contributed by atoms with E-state index in [1.807, 2.05) is 0 Å². The van der Waals surface area contributed by atoms with Crippen LogP contribution in [0.1, 0.15) is 24.7 Å². The molecule has 0 saturated carbocycles. The zero-order valence-electron chi connectivity index (χ0n) is 11.7. The van der Waals surface area contributed by atoms with E-state index in [-0.39, 0.29) is 15.8 Å². The highest BCUT2D eigenvalue weighted by atomic mass is 35.5. The molecule has 0 spiro atoms. The van der Waals surface area contributed by atoms with Crippen LogP contribution in [0.2, 0.25) is 5.02 Å². The van der Waals surface area contributed by atoms with Crippen molar-refractivity contribution in [3.63, 3.8) is 0 Å². The lowest BCUT2D eigenvalue weighted by Crippen LogP contribution is -2.14. The Bertz CT molecular complexity index is 782. The number of aromatic nitrogens is 1. The van der Waals surface area contributed by atoms with Gasteiger partial charge in [-0.3, -0.25) is 0 Å². The molecule has 1 aliphatic rings. The highest BCUT2D eigenvalue weighted by Crippen LogP contribution is 2.32. The van der Waals surface area contributed by atoms with Gasteiger partial charge in [0.2, 0.25) is 10.0 Å². The molecule has 0 amide bonds. The van der Waals surface area contributed by atoms with Crippen LogP contribution < -0.4 is 5.14 Å². The molecule has 118 valence electrons. The van der Waals surface area contributed by atoms with Gasteiger partial charge in [-0.2, -0.15) is 0 Å². The summed E-state index contributed by atoms with van der Waals surface area (Å²) in [7, 11) is -3.84. The molecular formula is C14H15ClN2O4S. The van der Waals surface area contributed by atoms with E-state index in [0.717, 1.165) is 12.8 Å². The monoisotopic (exact) mass is 342 g/mol. The zero-order chi connectivity index (χ0) is 15.7. The van der Waals surface area contributed by atoms with E-state index < -0.39 is 10.0 Å². The van der Waals surface area contributed by atoms with E-state index in [9.17, 15) is 8.42 Å². The van der Waals surface area contributed by atoms with Crippen LogP contribution in [0.15, 0.2) is 33.7 Å². The van der Waals surface area contributed by atoms with Crippen LogP contribution in [0.5, 0.6) is 0 Å². The minimum atomic E-state index is -3.84. The molecule has 22 heavy (non-hydrogen) atoms. The summed E-state index contributed by atoms with van der Waals surface area (Å²) in [6.07, 6.45) is 3.38. The van der Waals surface area contributed by atoms with Gasteiger partial charge in [0.1, 0.15) is 4.90 Å². The molecule has 6 nitrogen and oxygen atoms in total. The largest absolute Gasteiger partial charge is 0.440 e. The number of hydrogen-bond donors (Lipinski definition) is 1. The third kappa shape index (κ3) is 3.17. The van der Waals surface area contributed by atoms with Crippen LogP contribution in [0.25, 0.3) is 11.3 Å². The lowest BCUT2D eigenvalue weighted by atomic mass is 10.0. The van der Waals surface area contributed by atoms with Gasteiger partial charge < -0.3 is 9.15 Å². The number of nitrogens with two attached hydrogens (primary N) is 1. The smallest absolute Gasteiger partial charge is 0.239 e. The van der Waals surface area contributed by atoms with Crippen LogP contribution in [0, 0.1) is 0 Å². The van der Waals surface area contributed by atoms with Crippen molar-refractivity contribution >= 4 is 21.6 Å². The molecule has 1 aromatic heterocycles. The normalized spacial score (nSPS) is 16.8. The Kier molecular flexibility index (Phi) is 4.22. The third-order valence-electron chi connectivity index (χ3n) is 3.62. The Morgan fingerprint density at radius 1 is 1.27 bits per heavy atom. The fraction of sp³-hybridized carbons (Fsp3) is 0.357. The summed E-state index contributed by atoms with van der Waals surface area (Å²) in [5, 5.41) is 5.15. The van der Waals surface area contributed by atoms with Crippen LogP contribution in [0.4, 0.5) is 0 Å². The van der Waals surface area contributed by atoms with Gasteiger partial charge in [-0.25, -0.2) is 18.5 Å². The molecule has 1 aliphatic heterocycles. The maximum atomic E-state index is 11.4. The van der Waals surface area contributed by atoms with Gasteiger partial charge in [-0.05, 0) is 31.0 Å². The van der Waals surface area contributed by atoms with Gasteiger partial charge in [0.25, 0.3) is 0 Å². The van der Waals surface area contributed by atoms with Crippen molar-refractivity contribution in [3.8, 4) is 11.3 Å². The summed E-state index contributed by atoms with van der Waals surface area (Å²) in [5.41, 5.74) is 0.656. The fourth-order valence-corrected chi connectivity index (χ4v) is 3.53. The van der Waals surface area contributed by atoms with Gasteiger partial charge in [0, 0.05) is 24.7 Å². The molecular weight excluding hydrogens is 328 g/mol. The highest BCUT2D eigenvalue weighted by molar-refractivity contribution is 7.89. The van der Waals surface area contributed by atoms with Crippen molar-refractivity contribution in [2.75, 3.05) is 13.2 Å². The lowest BCUT2D eigenvalue weighted by Gasteiger charge is -2.18. The first kappa shape index (κ1) is 15.5. The highest BCUT2D eigenvalue weighted by Gasteiger charge is 2.21. The van der Waals surface area contributed by atoms with Crippen LogP contribution in [-0.4, -0.2) is 26.6 Å². The fourth-order valence-electron chi connectivity index (χ4n) is 2.44. The van der Waals surface area contributed by atoms with Crippen molar-refractivity contribution in [1.29, 1.82) is 0 Å². The van der Waals surface area contributed by atoms with Gasteiger partial charge in [-0.1, -0.05) is 11.6 Å². The average molecular weight is 343 g/mol. The Balaban J connectivity index is 1.89. The van der Waals surface area contributed by atoms with E-state index in [1.54, 1.807) is 12.3 Å². The Morgan fingerprint density at radius 2 is 2.00 bits per heavy atom. The second kappa shape index (κ2) is 6.00. The summed E-state index contributed by atoms with van der Waals surface area (Å²) < 4.78 is 33.8. The molecule has 1 saturated heterocycles. The number of hydrogen-bond acceptors (Lipinski definition) is 5. The third-order valence-corrected chi connectivity index (χ3v) is 5.01. The van der Waals surface area contributed by atoms with Gasteiger partial charge >= 0.3 is 0 Å². The molecule has 2 heterocycles. The van der Waals surface area contributed by atoms with Crippen LogP contribution in [0.3, 0.4) is 0 Å². The second-order valence-electron chi connectivity index (χ2n) is 5.14. The molecule has 0 radical (unpaired) electrons. The summed E-state index contributed by atoms with van der Waals surface area (Å²) in [4.78, 5) is 4.20. The molecule has 8 heteroatoms. The number of oxazole rings is 1. The van der Waals surface area contributed by atoms with E-state index in [0.29, 0.717) is 30.4 Å². The number of benzene rings is 1. The van der Waals surface area contributed by atoms with E-state index >= 15 is 0 Å². The number of ether oxygens (including phenoxy) is 1. The lowest BCUT2D eigenvalue weighted by molar-refractivity contribution is 0.0796. The maximum Gasteiger partial charge on any atom is 0.239 e. The SMILES string of the molecule is NS(=O)(=O)c1ccc(-c2cnc(C3CCOCC3)o2)cc1Cl. The number of primary sulfonamides is 1. The summed E-state index contributed by atoms with van der Waals surface area (Å²) in [6.45, 7) is 1.41. The first-order valence-corrected chi connectivity index (χ1v) is 8.74. The molecule has 0 bridgehead atoms. The number of rotatable bonds is 3. The van der Waals surface area contributed by atoms with Crippen LogP contribution in [-0.2, 0) is 14.8 Å².